The lowest BCUT2D eigenvalue weighted by molar-refractivity contribution is 0.0946. The molecule has 0 unspecified atom stereocenters. The standard InChI is InChI=1S/C17H19N3O/c1-4-8-19-17(21)16-14(11-18)7-9-20(16)15-10-12(2)5-6-13(15)3/h5-7,9-10H,4,8H2,1-3H3,(H,19,21). The van der Waals surface area contributed by atoms with Gasteiger partial charge in [0.1, 0.15) is 11.8 Å². The predicted molar refractivity (Wildman–Crippen MR) is 82.6 cm³/mol. The summed E-state index contributed by atoms with van der Waals surface area (Å²) in [5, 5.41) is 12.1. The van der Waals surface area contributed by atoms with Gasteiger partial charge in [-0.2, -0.15) is 5.26 Å². The molecule has 0 radical (unpaired) electrons. The van der Waals surface area contributed by atoms with Crippen LogP contribution in [0.4, 0.5) is 0 Å². The number of carbonyl (C=O) groups excluding carboxylic acids is 1. The lowest BCUT2D eigenvalue weighted by atomic mass is 10.1. The highest BCUT2D eigenvalue weighted by atomic mass is 16.1. The van der Waals surface area contributed by atoms with Crippen molar-refractivity contribution in [3.05, 3.63) is 52.8 Å². The van der Waals surface area contributed by atoms with E-state index in [9.17, 15) is 10.1 Å². The Hall–Kier alpha value is -2.54. The van der Waals surface area contributed by atoms with Crippen molar-refractivity contribution in [2.24, 2.45) is 0 Å². The minimum absolute atomic E-state index is 0.209. The molecule has 1 N–H and O–H groups in total. The molecule has 0 aliphatic heterocycles. The van der Waals surface area contributed by atoms with E-state index in [1.165, 1.54) is 0 Å². The van der Waals surface area contributed by atoms with Crippen LogP contribution < -0.4 is 5.32 Å². The average molecular weight is 281 g/mol. The van der Waals surface area contributed by atoms with Crippen molar-refractivity contribution in [2.75, 3.05) is 6.54 Å². The lowest BCUT2D eigenvalue weighted by Gasteiger charge is -2.13. The first-order chi connectivity index (χ1) is 10.1. The number of nitrogens with zero attached hydrogens (tertiary/aromatic N) is 2. The molecule has 0 fully saturated rings. The van der Waals surface area contributed by atoms with Gasteiger partial charge in [-0.05, 0) is 43.5 Å². The maximum Gasteiger partial charge on any atom is 0.269 e. The van der Waals surface area contributed by atoms with Crippen molar-refractivity contribution in [3.8, 4) is 11.8 Å². The van der Waals surface area contributed by atoms with Crippen LogP contribution in [0.25, 0.3) is 5.69 Å². The molecule has 2 aromatic rings. The Kier molecular flexibility index (Phi) is 4.44. The van der Waals surface area contributed by atoms with Crippen LogP contribution in [0.5, 0.6) is 0 Å². The van der Waals surface area contributed by atoms with Crippen molar-refractivity contribution in [1.82, 2.24) is 9.88 Å². The van der Waals surface area contributed by atoms with Crippen molar-refractivity contribution >= 4 is 5.91 Å². The van der Waals surface area contributed by atoms with E-state index in [1.807, 2.05) is 39.0 Å². The summed E-state index contributed by atoms with van der Waals surface area (Å²) in [5.74, 6) is -0.209. The van der Waals surface area contributed by atoms with Gasteiger partial charge in [-0.15, -0.1) is 0 Å². The van der Waals surface area contributed by atoms with Crippen LogP contribution in [0.15, 0.2) is 30.5 Å². The van der Waals surface area contributed by atoms with Gasteiger partial charge >= 0.3 is 0 Å². The van der Waals surface area contributed by atoms with Crippen LogP contribution in [0.3, 0.4) is 0 Å². The maximum absolute atomic E-state index is 12.4. The first kappa shape index (κ1) is 14.9. The minimum atomic E-state index is -0.209. The quantitative estimate of drug-likeness (QED) is 0.936. The van der Waals surface area contributed by atoms with Gasteiger partial charge in [-0.3, -0.25) is 4.79 Å². The summed E-state index contributed by atoms with van der Waals surface area (Å²) >= 11 is 0. The second kappa shape index (κ2) is 6.27. The molecule has 2 rings (SSSR count). The maximum atomic E-state index is 12.4. The molecule has 0 bridgehead atoms. The van der Waals surface area contributed by atoms with E-state index < -0.39 is 0 Å². The zero-order chi connectivity index (χ0) is 15.4. The molecule has 0 aliphatic rings. The van der Waals surface area contributed by atoms with Crippen LogP contribution in [0.1, 0.15) is 40.5 Å². The third-order valence-electron chi connectivity index (χ3n) is 3.38. The Labute approximate surface area is 125 Å². The Morgan fingerprint density at radius 1 is 1.33 bits per heavy atom. The van der Waals surface area contributed by atoms with E-state index in [1.54, 1.807) is 16.8 Å². The zero-order valence-electron chi connectivity index (χ0n) is 12.6. The molecule has 4 heteroatoms. The second-order valence-corrected chi connectivity index (χ2v) is 5.11. The van der Waals surface area contributed by atoms with Gasteiger partial charge in [-0.25, -0.2) is 0 Å². The molecule has 21 heavy (non-hydrogen) atoms. The van der Waals surface area contributed by atoms with Gasteiger partial charge in [0, 0.05) is 18.4 Å². The third kappa shape index (κ3) is 2.97. The van der Waals surface area contributed by atoms with Gasteiger partial charge in [-0.1, -0.05) is 19.1 Å². The summed E-state index contributed by atoms with van der Waals surface area (Å²) in [7, 11) is 0. The molecule has 1 heterocycles. The molecular formula is C17H19N3O. The SMILES string of the molecule is CCCNC(=O)c1c(C#N)ccn1-c1cc(C)ccc1C. The summed E-state index contributed by atoms with van der Waals surface area (Å²) < 4.78 is 1.80. The first-order valence-corrected chi connectivity index (χ1v) is 7.05. The molecule has 0 saturated heterocycles. The smallest absolute Gasteiger partial charge is 0.269 e. The molecule has 0 spiro atoms. The largest absolute Gasteiger partial charge is 0.351 e. The van der Waals surface area contributed by atoms with E-state index in [4.69, 9.17) is 0 Å². The number of nitrogens with one attached hydrogen (secondary N) is 1. The monoisotopic (exact) mass is 281 g/mol. The molecule has 1 aromatic heterocycles. The zero-order valence-corrected chi connectivity index (χ0v) is 12.6. The van der Waals surface area contributed by atoms with Crippen molar-refractivity contribution < 1.29 is 4.79 Å². The van der Waals surface area contributed by atoms with Crippen LogP contribution in [-0.2, 0) is 0 Å². The fourth-order valence-corrected chi connectivity index (χ4v) is 2.26. The molecule has 1 aromatic carbocycles. The number of benzene rings is 1. The molecule has 0 aliphatic carbocycles. The first-order valence-electron chi connectivity index (χ1n) is 7.05. The summed E-state index contributed by atoms with van der Waals surface area (Å²) in [6.45, 7) is 6.60. The van der Waals surface area contributed by atoms with Gasteiger partial charge in [0.15, 0.2) is 0 Å². The molecule has 1 amide bonds. The number of aryl methyl sites for hydroxylation is 2. The number of nitriles is 1. The molecular weight excluding hydrogens is 262 g/mol. The number of hydrogen-bond donors (Lipinski definition) is 1. The fraction of sp³-hybridized carbons (Fsp3) is 0.294. The Morgan fingerprint density at radius 3 is 2.76 bits per heavy atom. The second-order valence-electron chi connectivity index (χ2n) is 5.11. The minimum Gasteiger partial charge on any atom is -0.351 e. The van der Waals surface area contributed by atoms with Crippen molar-refractivity contribution in [1.29, 1.82) is 5.26 Å². The summed E-state index contributed by atoms with van der Waals surface area (Å²) in [5.41, 5.74) is 3.90. The van der Waals surface area contributed by atoms with E-state index in [0.29, 0.717) is 17.8 Å². The number of hydrogen-bond acceptors (Lipinski definition) is 2. The Balaban J connectivity index is 2.55. The molecule has 0 saturated carbocycles. The average Bonchev–Trinajstić information content (AvgIpc) is 2.91. The molecule has 108 valence electrons. The van der Waals surface area contributed by atoms with Crippen LogP contribution >= 0.6 is 0 Å². The number of rotatable bonds is 4. The van der Waals surface area contributed by atoms with Gasteiger partial charge < -0.3 is 9.88 Å². The molecule has 0 atom stereocenters. The van der Waals surface area contributed by atoms with Crippen LogP contribution in [-0.4, -0.2) is 17.0 Å². The van der Waals surface area contributed by atoms with E-state index >= 15 is 0 Å². The summed E-state index contributed by atoms with van der Waals surface area (Å²) in [6, 6.07) is 9.85. The van der Waals surface area contributed by atoms with Crippen LogP contribution in [0.2, 0.25) is 0 Å². The van der Waals surface area contributed by atoms with E-state index in [-0.39, 0.29) is 5.91 Å². The highest BCUT2D eigenvalue weighted by Crippen LogP contribution is 2.21. The van der Waals surface area contributed by atoms with Crippen molar-refractivity contribution in [2.45, 2.75) is 27.2 Å². The topological polar surface area (TPSA) is 57.8 Å². The van der Waals surface area contributed by atoms with Gasteiger partial charge in [0.25, 0.3) is 5.91 Å². The number of carbonyl (C=O) groups is 1. The van der Waals surface area contributed by atoms with Crippen molar-refractivity contribution in [3.63, 3.8) is 0 Å². The van der Waals surface area contributed by atoms with Crippen LogP contribution in [0, 0.1) is 25.2 Å². The highest BCUT2D eigenvalue weighted by Gasteiger charge is 2.18. The summed E-state index contributed by atoms with van der Waals surface area (Å²) in [6.07, 6.45) is 2.64. The fourth-order valence-electron chi connectivity index (χ4n) is 2.26. The van der Waals surface area contributed by atoms with Gasteiger partial charge in [0.2, 0.25) is 0 Å². The summed E-state index contributed by atoms with van der Waals surface area (Å²) in [4.78, 5) is 12.4. The Morgan fingerprint density at radius 2 is 2.10 bits per heavy atom. The molecule has 4 nitrogen and oxygen atoms in total. The third-order valence-corrected chi connectivity index (χ3v) is 3.38. The number of amides is 1. The van der Waals surface area contributed by atoms with E-state index in [0.717, 1.165) is 23.2 Å². The lowest BCUT2D eigenvalue weighted by Crippen LogP contribution is -2.27. The highest BCUT2D eigenvalue weighted by molar-refractivity contribution is 5.96. The Bertz CT molecular complexity index is 707. The van der Waals surface area contributed by atoms with E-state index in [2.05, 4.69) is 11.4 Å². The predicted octanol–water partition coefficient (Wildman–Crippen LogP) is 3.11. The normalized spacial score (nSPS) is 10.2. The van der Waals surface area contributed by atoms with Gasteiger partial charge in [0.05, 0.1) is 5.56 Å². The number of aromatic nitrogens is 1.